The van der Waals surface area contributed by atoms with Crippen LogP contribution in [0.1, 0.15) is 12.0 Å². The maximum atomic E-state index is 8.56. The third-order valence-corrected chi connectivity index (χ3v) is 2.45. The first-order valence-electron chi connectivity index (χ1n) is 6.13. The molecule has 0 aliphatic rings. The first-order valence-corrected chi connectivity index (χ1v) is 6.13. The molecule has 0 amide bonds. The van der Waals surface area contributed by atoms with E-state index in [-0.39, 0.29) is 0 Å². The number of hydrogen-bond acceptors (Lipinski definition) is 4. The average molecular weight is 248 g/mol. The lowest BCUT2D eigenvalue weighted by Crippen LogP contribution is -2.10. The number of hydrogen-bond donors (Lipinski definition) is 1. The van der Waals surface area contributed by atoms with Gasteiger partial charge in [-0.15, -0.1) is 0 Å². The van der Waals surface area contributed by atoms with E-state index in [9.17, 15) is 0 Å². The number of nitrogens with zero attached hydrogens (tertiary/aromatic N) is 1. The van der Waals surface area contributed by atoms with Crippen LogP contribution in [-0.4, -0.2) is 33.5 Å². The summed E-state index contributed by atoms with van der Waals surface area (Å²) in [6.07, 6.45) is 1.39. The molecule has 1 aromatic carbocycles. The summed E-state index contributed by atoms with van der Waals surface area (Å²) in [5.74, 6) is 0. The zero-order valence-electron chi connectivity index (χ0n) is 10.8. The van der Waals surface area contributed by atoms with Crippen molar-refractivity contribution in [2.24, 2.45) is 0 Å². The minimum absolute atomic E-state index is 0.461. The van der Waals surface area contributed by atoms with Gasteiger partial charge >= 0.3 is 0 Å². The molecule has 0 aliphatic carbocycles. The maximum absolute atomic E-state index is 8.56. The molecule has 0 heterocycles. The number of rotatable bonds is 9. The van der Waals surface area contributed by atoms with Crippen LogP contribution in [0.2, 0.25) is 0 Å². The highest BCUT2D eigenvalue weighted by molar-refractivity contribution is 5.44. The van der Waals surface area contributed by atoms with Crippen molar-refractivity contribution in [1.29, 1.82) is 5.26 Å². The SMILES string of the molecule is COCCCOCCNc1ccc(CC#N)cc1. The highest BCUT2D eigenvalue weighted by atomic mass is 16.5. The molecule has 0 spiro atoms. The normalized spacial score (nSPS) is 10.0. The van der Waals surface area contributed by atoms with Gasteiger partial charge in [0.05, 0.1) is 19.1 Å². The Hall–Kier alpha value is -1.57. The van der Waals surface area contributed by atoms with Crippen LogP contribution in [0.3, 0.4) is 0 Å². The standard InChI is InChI=1S/C14H20N2O2/c1-17-10-2-11-18-12-9-16-14-5-3-13(4-6-14)7-8-15/h3-6,16H,2,7,9-12H2,1H3. The van der Waals surface area contributed by atoms with Crippen LogP contribution < -0.4 is 5.32 Å². The largest absolute Gasteiger partial charge is 0.385 e. The Balaban J connectivity index is 2.10. The fourth-order valence-electron chi connectivity index (χ4n) is 1.51. The molecule has 4 heteroatoms. The fourth-order valence-corrected chi connectivity index (χ4v) is 1.51. The van der Waals surface area contributed by atoms with Crippen molar-refractivity contribution in [3.8, 4) is 6.07 Å². The van der Waals surface area contributed by atoms with Crippen LogP contribution >= 0.6 is 0 Å². The van der Waals surface area contributed by atoms with E-state index in [1.165, 1.54) is 0 Å². The second-order valence-electron chi connectivity index (χ2n) is 3.92. The van der Waals surface area contributed by atoms with Gasteiger partial charge in [0.25, 0.3) is 0 Å². The van der Waals surface area contributed by atoms with Crippen molar-refractivity contribution in [3.63, 3.8) is 0 Å². The zero-order valence-corrected chi connectivity index (χ0v) is 10.8. The molecule has 1 aromatic rings. The van der Waals surface area contributed by atoms with Gasteiger partial charge in [0.2, 0.25) is 0 Å². The predicted octanol–water partition coefficient (Wildman–Crippen LogP) is 2.22. The Morgan fingerprint density at radius 2 is 1.94 bits per heavy atom. The van der Waals surface area contributed by atoms with E-state index in [0.717, 1.165) is 37.4 Å². The molecule has 4 nitrogen and oxygen atoms in total. The van der Waals surface area contributed by atoms with Crippen molar-refractivity contribution in [3.05, 3.63) is 29.8 Å². The number of methoxy groups -OCH3 is 1. The Kier molecular flexibility index (Phi) is 7.61. The Labute approximate surface area is 109 Å². The molecular formula is C14H20N2O2. The molecule has 0 fully saturated rings. The lowest BCUT2D eigenvalue weighted by molar-refractivity contribution is 0.109. The summed E-state index contributed by atoms with van der Waals surface area (Å²) in [5.41, 5.74) is 2.09. The molecule has 98 valence electrons. The van der Waals surface area contributed by atoms with Gasteiger partial charge in [0, 0.05) is 32.6 Å². The van der Waals surface area contributed by atoms with E-state index >= 15 is 0 Å². The summed E-state index contributed by atoms with van der Waals surface area (Å²) in [7, 11) is 1.69. The summed E-state index contributed by atoms with van der Waals surface area (Å²) in [4.78, 5) is 0. The van der Waals surface area contributed by atoms with E-state index in [1.54, 1.807) is 7.11 Å². The molecule has 0 aliphatic heterocycles. The van der Waals surface area contributed by atoms with Crippen molar-refractivity contribution in [2.75, 3.05) is 38.8 Å². The molecule has 0 aromatic heterocycles. The van der Waals surface area contributed by atoms with Crippen molar-refractivity contribution < 1.29 is 9.47 Å². The third kappa shape index (κ3) is 6.24. The molecular weight excluding hydrogens is 228 g/mol. The lowest BCUT2D eigenvalue weighted by atomic mass is 10.1. The number of ether oxygens (including phenoxy) is 2. The number of anilines is 1. The van der Waals surface area contributed by atoms with Crippen LogP contribution in [0, 0.1) is 11.3 Å². The van der Waals surface area contributed by atoms with Crippen LogP contribution in [0.4, 0.5) is 5.69 Å². The van der Waals surface area contributed by atoms with Gasteiger partial charge in [0.1, 0.15) is 0 Å². The highest BCUT2D eigenvalue weighted by Crippen LogP contribution is 2.09. The monoisotopic (exact) mass is 248 g/mol. The molecule has 0 saturated carbocycles. The minimum Gasteiger partial charge on any atom is -0.385 e. The highest BCUT2D eigenvalue weighted by Gasteiger charge is 1.94. The van der Waals surface area contributed by atoms with Crippen molar-refractivity contribution in [1.82, 2.24) is 0 Å². The minimum atomic E-state index is 0.461. The number of benzene rings is 1. The van der Waals surface area contributed by atoms with Gasteiger partial charge in [-0.2, -0.15) is 5.26 Å². The second-order valence-corrected chi connectivity index (χ2v) is 3.92. The third-order valence-electron chi connectivity index (χ3n) is 2.45. The smallest absolute Gasteiger partial charge is 0.0669 e. The molecule has 1 rings (SSSR count). The Morgan fingerprint density at radius 3 is 2.61 bits per heavy atom. The second kappa shape index (κ2) is 9.46. The summed E-state index contributed by atoms with van der Waals surface area (Å²) in [6, 6.07) is 10.0. The molecule has 0 radical (unpaired) electrons. The van der Waals surface area contributed by atoms with E-state index in [0.29, 0.717) is 13.0 Å². The van der Waals surface area contributed by atoms with E-state index in [1.807, 2.05) is 24.3 Å². The molecule has 0 unspecified atom stereocenters. The van der Waals surface area contributed by atoms with E-state index in [2.05, 4.69) is 11.4 Å². The van der Waals surface area contributed by atoms with Gasteiger partial charge in [-0.1, -0.05) is 12.1 Å². The maximum Gasteiger partial charge on any atom is 0.0669 e. The molecule has 0 atom stereocenters. The van der Waals surface area contributed by atoms with Crippen LogP contribution in [0.5, 0.6) is 0 Å². The average Bonchev–Trinajstić information content (AvgIpc) is 2.40. The Bertz CT molecular complexity index is 357. The van der Waals surface area contributed by atoms with Gasteiger partial charge in [-0.25, -0.2) is 0 Å². The van der Waals surface area contributed by atoms with Gasteiger partial charge < -0.3 is 14.8 Å². The van der Waals surface area contributed by atoms with Crippen LogP contribution in [-0.2, 0) is 15.9 Å². The summed E-state index contributed by atoms with van der Waals surface area (Å²) < 4.78 is 10.4. The van der Waals surface area contributed by atoms with E-state index in [4.69, 9.17) is 14.7 Å². The quantitative estimate of drug-likeness (QED) is 0.681. The zero-order chi connectivity index (χ0) is 13.1. The van der Waals surface area contributed by atoms with Crippen molar-refractivity contribution in [2.45, 2.75) is 12.8 Å². The molecule has 0 bridgehead atoms. The first kappa shape index (κ1) is 14.5. The number of nitrogens with one attached hydrogen (secondary N) is 1. The summed E-state index contributed by atoms with van der Waals surface area (Å²) in [5, 5.41) is 11.8. The van der Waals surface area contributed by atoms with Crippen molar-refractivity contribution >= 4 is 5.69 Å². The van der Waals surface area contributed by atoms with Crippen LogP contribution in [0.25, 0.3) is 0 Å². The number of nitriles is 1. The molecule has 1 N–H and O–H groups in total. The molecule has 0 saturated heterocycles. The first-order chi connectivity index (χ1) is 8.86. The van der Waals surface area contributed by atoms with Gasteiger partial charge in [0.15, 0.2) is 0 Å². The Morgan fingerprint density at radius 1 is 1.17 bits per heavy atom. The van der Waals surface area contributed by atoms with Gasteiger partial charge in [-0.3, -0.25) is 0 Å². The van der Waals surface area contributed by atoms with Gasteiger partial charge in [-0.05, 0) is 24.1 Å². The summed E-state index contributed by atoms with van der Waals surface area (Å²) in [6.45, 7) is 2.94. The fraction of sp³-hybridized carbons (Fsp3) is 0.500. The topological polar surface area (TPSA) is 54.3 Å². The lowest BCUT2D eigenvalue weighted by Gasteiger charge is -2.07. The van der Waals surface area contributed by atoms with E-state index < -0.39 is 0 Å². The molecule has 18 heavy (non-hydrogen) atoms. The summed E-state index contributed by atoms with van der Waals surface area (Å²) >= 11 is 0. The predicted molar refractivity (Wildman–Crippen MR) is 71.6 cm³/mol. The van der Waals surface area contributed by atoms with Crippen LogP contribution in [0.15, 0.2) is 24.3 Å².